The minimum absolute atomic E-state index is 0.0861. The predicted octanol–water partition coefficient (Wildman–Crippen LogP) is 1.15. The maximum atomic E-state index is 12.7. The van der Waals surface area contributed by atoms with Crippen molar-refractivity contribution in [3.63, 3.8) is 0 Å². The molecule has 2 heterocycles. The van der Waals surface area contributed by atoms with Crippen LogP contribution in [0.3, 0.4) is 0 Å². The first-order valence-corrected chi connectivity index (χ1v) is 9.75. The van der Waals surface area contributed by atoms with Crippen molar-refractivity contribution in [1.82, 2.24) is 8.61 Å². The molecule has 0 aromatic rings. The summed E-state index contributed by atoms with van der Waals surface area (Å²) in [5.41, 5.74) is 0.0861. The lowest BCUT2D eigenvalue weighted by Crippen LogP contribution is -2.65. The van der Waals surface area contributed by atoms with E-state index in [2.05, 4.69) is 0 Å². The van der Waals surface area contributed by atoms with E-state index < -0.39 is 16.2 Å². The monoisotopic (exact) mass is 328 g/mol. The van der Waals surface area contributed by atoms with Crippen LogP contribution in [-0.4, -0.2) is 54.3 Å². The van der Waals surface area contributed by atoms with Crippen molar-refractivity contribution in [2.45, 2.75) is 38.5 Å². The highest BCUT2D eigenvalue weighted by Crippen LogP contribution is 2.54. The number of aliphatic carboxylic acids is 1. The lowest BCUT2D eigenvalue weighted by molar-refractivity contribution is -0.142. The first-order valence-electron chi connectivity index (χ1n) is 8.35. The summed E-state index contributed by atoms with van der Waals surface area (Å²) in [7, 11) is -3.28. The van der Waals surface area contributed by atoms with Crippen LogP contribution in [0, 0.1) is 23.2 Å². The van der Waals surface area contributed by atoms with Gasteiger partial charge in [-0.05, 0) is 48.9 Å². The van der Waals surface area contributed by atoms with Crippen LogP contribution < -0.4 is 0 Å². The fourth-order valence-corrected chi connectivity index (χ4v) is 7.18. The van der Waals surface area contributed by atoms with E-state index in [9.17, 15) is 13.2 Å². The van der Waals surface area contributed by atoms with Crippen molar-refractivity contribution >= 4 is 16.2 Å². The maximum Gasteiger partial charge on any atom is 0.303 e. The third-order valence-electron chi connectivity index (χ3n) is 6.28. The summed E-state index contributed by atoms with van der Waals surface area (Å²) in [5.74, 6) is 0.656. The summed E-state index contributed by atoms with van der Waals surface area (Å²) in [4.78, 5) is 10.7. The SMILES string of the molecule is O=C(O)CC1CC2(C1)CN(S(=O)(=O)N1C[C@H]3CCC[C@H]3C1)C2. The number of rotatable bonds is 4. The number of hydrogen-bond donors (Lipinski definition) is 1. The molecule has 2 saturated heterocycles. The van der Waals surface area contributed by atoms with E-state index in [-0.39, 0.29) is 17.8 Å². The molecule has 0 unspecified atom stereocenters. The Balaban J connectivity index is 1.32. The molecule has 2 aliphatic heterocycles. The van der Waals surface area contributed by atoms with E-state index in [4.69, 9.17) is 5.11 Å². The largest absolute Gasteiger partial charge is 0.481 e. The minimum Gasteiger partial charge on any atom is -0.481 e. The van der Waals surface area contributed by atoms with Crippen molar-refractivity contribution in [2.24, 2.45) is 23.2 Å². The zero-order chi connectivity index (χ0) is 15.5. The zero-order valence-corrected chi connectivity index (χ0v) is 13.6. The second kappa shape index (κ2) is 4.92. The van der Waals surface area contributed by atoms with Gasteiger partial charge in [-0.3, -0.25) is 4.79 Å². The molecule has 22 heavy (non-hydrogen) atoms. The molecule has 0 aromatic heterocycles. The molecule has 7 heteroatoms. The topological polar surface area (TPSA) is 77.9 Å². The Morgan fingerprint density at radius 3 is 2.23 bits per heavy atom. The normalized spacial score (nSPS) is 35.3. The molecule has 0 aromatic carbocycles. The first kappa shape index (κ1) is 14.9. The van der Waals surface area contributed by atoms with Crippen LogP contribution in [-0.2, 0) is 15.0 Å². The molecule has 0 amide bonds. The number of carboxylic acid groups (broad SMARTS) is 1. The van der Waals surface area contributed by atoms with E-state index in [1.807, 2.05) is 0 Å². The standard InChI is InChI=1S/C15H24N2O4S/c18-14(19)4-11-5-15(6-11)9-17(10-15)22(20,21)16-7-12-2-1-3-13(12)8-16/h11-13H,1-10H2,(H,18,19)/t12-,13+. The minimum atomic E-state index is -3.28. The molecule has 0 bridgehead atoms. The molecule has 2 saturated carbocycles. The Bertz CT molecular complexity index is 564. The molecule has 0 radical (unpaired) electrons. The molecule has 2 atom stereocenters. The van der Waals surface area contributed by atoms with Crippen molar-refractivity contribution in [2.75, 3.05) is 26.2 Å². The van der Waals surface area contributed by atoms with Crippen LogP contribution in [0.2, 0.25) is 0 Å². The van der Waals surface area contributed by atoms with Gasteiger partial charge < -0.3 is 5.11 Å². The van der Waals surface area contributed by atoms with E-state index in [0.717, 1.165) is 12.8 Å². The van der Waals surface area contributed by atoms with Crippen LogP contribution in [0.4, 0.5) is 0 Å². The Morgan fingerprint density at radius 2 is 1.68 bits per heavy atom. The molecule has 4 rings (SSSR count). The van der Waals surface area contributed by atoms with Crippen LogP contribution in [0.25, 0.3) is 0 Å². The highest BCUT2D eigenvalue weighted by Gasteiger charge is 2.57. The molecule has 6 nitrogen and oxygen atoms in total. The number of carbonyl (C=O) groups is 1. The summed E-state index contributed by atoms with van der Waals surface area (Å²) < 4.78 is 28.7. The summed E-state index contributed by atoms with van der Waals surface area (Å²) in [6.45, 7) is 2.60. The van der Waals surface area contributed by atoms with Gasteiger partial charge in [-0.15, -0.1) is 0 Å². The van der Waals surface area contributed by atoms with Gasteiger partial charge in [0.25, 0.3) is 10.2 Å². The van der Waals surface area contributed by atoms with Gasteiger partial charge in [0.05, 0.1) is 0 Å². The Morgan fingerprint density at radius 1 is 1.09 bits per heavy atom. The molecule has 1 spiro atoms. The fourth-order valence-electron chi connectivity index (χ4n) is 5.22. The number of hydrogen-bond acceptors (Lipinski definition) is 3. The number of fused-ring (bicyclic) bond motifs is 1. The number of carboxylic acids is 1. The Hall–Kier alpha value is -0.660. The van der Waals surface area contributed by atoms with Gasteiger partial charge in [0, 0.05) is 32.6 Å². The van der Waals surface area contributed by atoms with E-state index in [1.54, 1.807) is 8.61 Å². The van der Waals surface area contributed by atoms with Gasteiger partial charge in [-0.1, -0.05) is 6.42 Å². The maximum absolute atomic E-state index is 12.7. The summed E-state index contributed by atoms with van der Waals surface area (Å²) in [5, 5.41) is 8.80. The van der Waals surface area contributed by atoms with E-state index >= 15 is 0 Å². The van der Waals surface area contributed by atoms with Crippen LogP contribution in [0.15, 0.2) is 0 Å². The van der Waals surface area contributed by atoms with Gasteiger partial charge in [0.15, 0.2) is 0 Å². The van der Waals surface area contributed by atoms with Crippen LogP contribution in [0.5, 0.6) is 0 Å². The number of nitrogens with zero attached hydrogens (tertiary/aromatic N) is 2. The van der Waals surface area contributed by atoms with Crippen LogP contribution in [0.1, 0.15) is 38.5 Å². The van der Waals surface area contributed by atoms with Crippen molar-refractivity contribution in [1.29, 1.82) is 0 Å². The molecule has 1 N–H and O–H groups in total. The summed E-state index contributed by atoms with van der Waals surface area (Å²) >= 11 is 0. The lowest BCUT2D eigenvalue weighted by atomic mass is 9.58. The van der Waals surface area contributed by atoms with Gasteiger partial charge >= 0.3 is 5.97 Å². The highest BCUT2D eigenvalue weighted by molar-refractivity contribution is 7.86. The van der Waals surface area contributed by atoms with Crippen LogP contribution >= 0.6 is 0 Å². The molecule has 4 aliphatic rings. The average molecular weight is 328 g/mol. The first-order chi connectivity index (χ1) is 10.4. The average Bonchev–Trinajstić information content (AvgIpc) is 2.89. The van der Waals surface area contributed by atoms with Gasteiger partial charge in [-0.2, -0.15) is 17.0 Å². The second-order valence-electron chi connectivity index (χ2n) is 7.92. The van der Waals surface area contributed by atoms with Gasteiger partial charge in [0.1, 0.15) is 0 Å². The van der Waals surface area contributed by atoms with Crippen molar-refractivity contribution in [3.05, 3.63) is 0 Å². The molecular weight excluding hydrogens is 304 g/mol. The quantitative estimate of drug-likeness (QED) is 0.840. The molecule has 4 fully saturated rings. The van der Waals surface area contributed by atoms with Gasteiger partial charge in [0.2, 0.25) is 0 Å². The zero-order valence-electron chi connectivity index (χ0n) is 12.8. The van der Waals surface area contributed by atoms with Crippen molar-refractivity contribution < 1.29 is 18.3 Å². The summed E-state index contributed by atoms with van der Waals surface area (Å²) in [6.07, 6.45) is 5.58. The summed E-state index contributed by atoms with van der Waals surface area (Å²) in [6, 6.07) is 0. The third-order valence-corrected chi connectivity index (χ3v) is 8.14. The Labute approximate surface area is 131 Å². The molecular formula is C15H24N2O4S. The lowest BCUT2D eigenvalue weighted by Gasteiger charge is -2.58. The highest BCUT2D eigenvalue weighted by atomic mass is 32.2. The van der Waals surface area contributed by atoms with E-state index in [0.29, 0.717) is 38.0 Å². The smallest absolute Gasteiger partial charge is 0.303 e. The Kier molecular flexibility index (Phi) is 3.33. The third kappa shape index (κ3) is 2.29. The molecule has 2 aliphatic carbocycles. The van der Waals surface area contributed by atoms with Gasteiger partial charge in [-0.25, -0.2) is 0 Å². The van der Waals surface area contributed by atoms with Crippen molar-refractivity contribution in [3.8, 4) is 0 Å². The predicted molar refractivity (Wildman–Crippen MR) is 80.3 cm³/mol. The second-order valence-corrected chi connectivity index (χ2v) is 9.84. The fraction of sp³-hybridized carbons (Fsp3) is 0.933. The molecule has 124 valence electrons. The van der Waals surface area contributed by atoms with E-state index in [1.165, 1.54) is 19.3 Å².